The van der Waals surface area contributed by atoms with Gasteiger partial charge < -0.3 is 5.11 Å². The highest BCUT2D eigenvalue weighted by Crippen LogP contribution is 2.34. The maximum Gasteiger partial charge on any atom is 0.147 e. The fourth-order valence-corrected chi connectivity index (χ4v) is 2.98. The quantitative estimate of drug-likeness (QED) is 0.726. The Morgan fingerprint density at radius 1 is 1.00 bits per heavy atom. The Labute approximate surface area is 142 Å². The lowest BCUT2D eigenvalue weighted by molar-refractivity contribution is 0.111. The van der Waals surface area contributed by atoms with Crippen LogP contribution in [-0.2, 0) is 0 Å². The van der Waals surface area contributed by atoms with E-state index >= 15 is 0 Å². The Bertz CT molecular complexity index is 750. The third kappa shape index (κ3) is 4.05. The van der Waals surface area contributed by atoms with Crippen LogP contribution in [0.15, 0.2) is 60.2 Å². The molecule has 1 atom stereocenters. The first-order valence-electron chi connectivity index (χ1n) is 7.93. The Balaban J connectivity index is 1.91. The summed E-state index contributed by atoms with van der Waals surface area (Å²) in [6.07, 6.45) is 5.71. The first kappa shape index (κ1) is 15.9. The summed E-state index contributed by atoms with van der Waals surface area (Å²) in [5.41, 5.74) is 1.94. The van der Waals surface area contributed by atoms with E-state index in [4.69, 9.17) is 11.6 Å². The molecule has 1 N–H and O–H groups in total. The molecule has 1 unspecified atom stereocenters. The highest BCUT2D eigenvalue weighted by Gasteiger charge is 2.32. The highest BCUT2D eigenvalue weighted by atomic mass is 35.5. The van der Waals surface area contributed by atoms with Crippen LogP contribution in [0, 0.1) is 11.8 Å². The van der Waals surface area contributed by atoms with E-state index in [0.717, 1.165) is 41.0 Å². The molecule has 1 saturated carbocycles. The molecule has 2 aromatic carbocycles. The number of hydrogen-bond acceptors (Lipinski definition) is 1. The standard InChI is InChI=1S/C21H19ClO/c22-20-11-9-18(10-12-20)16-19-8-4-5-14-21(19,23)15-13-17-6-2-1-3-7-17/h1-3,6-7,9-12,16,23H,4-5,8,14H2/b19-16+. The van der Waals surface area contributed by atoms with Crippen LogP contribution in [0.2, 0.25) is 5.02 Å². The van der Waals surface area contributed by atoms with Crippen LogP contribution in [0.5, 0.6) is 0 Å². The Hall–Kier alpha value is -2.01. The number of rotatable bonds is 1. The summed E-state index contributed by atoms with van der Waals surface area (Å²) >= 11 is 5.94. The Morgan fingerprint density at radius 3 is 2.48 bits per heavy atom. The minimum absolute atomic E-state index is 0.687. The summed E-state index contributed by atoms with van der Waals surface area (Å²) in [5.74, 6) is 6.22. The molecule has 2 aromatic rings. The Kier molecular flexibility index (Phi) is 4.86. The van der Waals surface area contributed by atoms with E-state index in [0.29, 0.717) is 6.42 Å². The van der Waals surface area contributed by atoms with Crippen molar-refractivity contribution in [3.8, 4) is 11.8 Å². The molecule has 3 rings (SSSR count). The van der Waals surface area contributed by atoms with Gasteiger partial charge >= 0.3 is 0 Å². The molecule has 0 bridgehead atoms. The van der Waals surface area contributed by atoms with E-state index in [1.807, 2.05) is 54.6 Å². The molecule has 23 heavy (non-hydrogen) atoms. The second-order valence-electron chi connectivity index (χ2n) is 5.90. The van der Waals surface area contributed by atoms with Crippen LogP contribution in [0.3, 0.4) is 0 Å². The van der Waals surface area contributed by atoms with Crippen molar-refractivity contribution in [3.63, 3.8) is 0 Å². The van der Waals surface area contributed by atoms with Crippen LogP contribution >= 0.6 is 11.6 Å². The van der Waals surface area contributed by atoms with Crippen molar-refractivity contribution in [3.05, 3.63) is 76.3 Å². The normalized spacial score (nSPS) is 22.4. The third-order valence-electron chi connectivity index (χ3n) is 4.16. The lowest BCUT2D eigenvalue weighted by Crippen LogP contribution is -2.32. The zero-order valence-corrected chi connectivity index (χ0v) is 13.7. The number of benzene rings is 2. The van der Waals surface area contributed by atoms with E-state index < -0.39 is 5.60 Å². The van der Waals surface area contributed by atoms with Gasteiger partial charge in [-0.15, -0.1) is 0 Å². The number of halogens is 1. The molecular formula is C21H19ClO. The van der Waals surface area contributed by atoms with Crippen LogP contribution in [0.4, 0.5) is 0 Å². The molecule has 1 aliphatic rings. The molecule has 0 heterocycles. The van der Waals surface area contributed by atoms with E-state index in [2.05, 4.69) is 17.9 Å². The molecule has 0 radical (unpaired) electrons. The topological polar surface area (TPSA) is 20.2 Å². The molecule has 1 aliphatic carbocycles. The minimum Gasteiger partial charge on any atom is -0.374 e. The predicted molar refractivity (Wildman–Crippen MR) is 96.2 cm³/mol. The maximum absolute atomic E-state index is 11.0. The average molecular weight is 323 g/mol. The summed E-state index contributed by atoms with van der Waals surface area (Å²) in [6, 6.07) is 17.5. The molecule has 2 heteroatoms. The molecule has 1 nitrogen and oxygen atoms in total. The van der Waals surface area contributed by atoms with E-state index in [1.165, 1.54) is 0 Å². The zero-order valence-electron chi connectivity index (χ0n) is 12.9. The molecule has 116 valence electrons. The fraction of sp³-hybridized carbons (Fsp3) is 0.238. The van der Waals surface area contributed by atoms with Crippen LogP contribution in [-0.4, -0.2) is 10.7 Å². The van der Waals surface area contributed by atoms with Gasteiger partial charge in [-0.2, -0.15) is 0 Å². The smallest absolute Gasteiger partial charge is 0.147 e. The van der Waals surface area contributed by atoms with Gasteiger partial charge in [0.2, 0.25) is 0 Å². The molecule has 0 spiro atoms. The van der Waals surface area contributed by atoms with Gasteiger partial charge in [0.15, 0.2) is 0 Å². The molecule has 0 amide bonds. The zero-order chi connectivity index (χ0) is 16.1. The first-order chi connectivity index (χ1) is 11.2. The fourth-order valence-electron chi connectivity index (χ4n) is 2.86. The molecule has 1 fully saturated rings. The third-order valence-corrected chi connectivity index (χ3v) is 4.42. The number of aliphatic hydroxyl groups is 1. The van der Waals surface area contributed by atoms with Crippen molar-refractivity contribution in [1.82, 2.24) is 0 Å². The van der Waals surface area contributed by atoms with E-state index in [9.17, 15) is 5.11 Å². The summed E-state index contributed by atoms with van der Waals surface area (Å²) < 4.78 is 0. The van der Waals surface area contributed by atoms with Gasteiger partial charge in [-0.05, 0) is 61.1 Å². The van der Waals surface area contributed by atoms with Gasteiger partial charge in [0.1, 0.15) is 5.60 Å². The average Bonchev–Trinajstić information content (AvgIpc) is 2.58. The van der Waals surface area contributed by atoms with Crippen molar-refractivity contribution in [1.29, 1.82) is 0 Å². The second-order valence-corrected chi connectivity index (χ2v) is 6.34. The van der Waals surface area contributed by atoms with Gasteiger partial charge in [-0.1, -0.05) is 59.8 Å². The predicted octanol–water partition coefficient (Wildman–Crippen LogP) is 5.08. The second kappa shape index (κ2) is 7.04. The summed E-state index contributed by atoms with van der Waals surface area (Å²) in [7, 11) is 0. The molecule has 0 aliphatic heterocycles. The monoisotopic (exact) mass is 322 g/mol. The SMILES string of the molecule is OC1(C#Cc2ccccc2)CCCC/C1=C\c1ccc(Cl)cc1. The molecule has 0 aromatic heterocycles. The van der Waals surface area contributed by atoms with Gasteiger partial charge in [-0.25, -0.2) is 0 Å². The van der Waals surface area contributed by atoms with Crippen LogP contribution in [0.1, 0.15) is 36.8 Å². The largest absolute Gasteiger partial charge is 0.374 e. The Morgan fingerprint density at radius 2 is 1.74 bits per heavy atom. The van der Waals surface area contributed by atoms with Crippen LogP contribution < -0.4 is 0 Å². The first-order valence-corrected chi connectivity index (χ1v) is 8.31. The summed E-state index contributed by atoms with van der Waals surface area (Å²) in [6.45, 7) is 0. The van der Waals surface area contributed by atoms with Gasteiger partial charge in [0, 0.05) is 10.6 Å². The van der Waals surface area contributed by atoms with Gasteiger partial charge in [0.25, 0.3) is 0 Å². The summed E-state index contributed by atoms with van der Waals surface area (Å²) in [5, 5.41) is 11.8. The van der Waals surface area contributed by atoms with E-state index in [1.54, 1.807) is 0 Å². The number of hydrogen-bond donors (Lipinski definition) is 1. The summed E-state index contributed by atoms with van der Waals surface area (Å²) in [4.78, 5) is 0. The highest BCUT2D eigenvalue weighted by molar-refractivity contribution is 6.30. The minimum atomic E-state index is -1.03. The molecule has 0 saturated heterocycles. The van der Waals surface area contributed by atoms with Crippen molar-refractivity contribution in [2.24, 2.45) is 0 Å². The lowest BCUT2D eigenvalue weighted by Gasteiger charge is -2.30. The van der Waals surface area contributed by atoms with Crippen molar-refractivity contribution >= 4 is 17.7 Å². The van der Waals surface area contributed by atoms with Gasteiger partial charge in [-0.3, -0.25) is 0 Å². The van der Waals surface area contributed by atoms with Crippen molar-refractivity contribution in [2.75, 3.05) is 0 Å². The molecular weight excluding hydrogens is 304 g/mol. The van der Waals surface area contributed by atoms with Crippen molar-refractivity contribution < 1.29 is 5.11 Å². The maximum atomic E-state index is 11.0. The lowest BCUT2D eigenvalue weighted by atomic mass is 9.79. The van der Waals surface area contributed by atoms with E-state index in [-0.39, 0.29) is 0 Å². The van der Waals surface area contributed by atoms with Crippen molar-refractivity contribution in [2.45, 2.75) is 31.3 Å². The van der Waals surface area contributed by atoms with Gasteiger partial charge in [0.05, 0.1) is 0 Å². The van der Waals surface area contributed by atoms with Crippen LogP contribution in [0.25, 0.3) is 6.08 Å².